The number of hydrogen-bond donors (Lipinski definition) is 1. The lowest BCUT2D eigenvalue weighted by molar-refractivity contribution is -0.122. The van der Waals surface area contributed by atoms with Crippen LogP contribution in [-0.2, 0) is 17.9 Å². The van der Waals surface area contributed by atoms with E-state index >= 15 is 0 Å². The summed E-state index contributed by atoms with van der Waals surface area (Å²) in [6, 6.07) is 8.51. The minimum Gasteiger partial charge on any atom is -0.454 e. The Kier molecular flexibility index (Phi) is 4.24. The molecule has 2 aliphatic heterocycles. The predicted molar refractivity (Wildman–Crippen MR) is 98.3 cm³/mol. The molecule has 1 aromatic heterocycles. The van der Waals surface area contributed by atoms with Crippen LogP contribution in [0.25, 0.3) is 0 Å². The molecule has 5 rings (SSSR count). The van der Waals surface area contributed by atoms with Crippen molar-refractivity contribution in [1.29, 1.82) is 0 Å². The van der Waals surface area contributed by atoms with Gasteiger partial charge in [0.15, 0.2) is 11.5 Å². The largest absolute Gasteiger partial charge is 0.454 e. The number of nitrogens with one attached hydrogen (secondary N) is 1. The van der Waals surface area contributed by atoms with Gasteiger partial charge in [0.05, 0.1) is 11.7 Å². The molecule has 0 saturated heterocycles. The number of carbonyl (C=O) groups excluding carboxylic acids is 1. The third-order valence-electron chi connectivity index (χ3n) is 5.52. The molecule has 1 saturated carbocycles. The van der Waals surface area contributed by atoms with Crippen LogP contribution in [0.5, 0.6) is 11.5 Å². The van der Waals surface area contributed by atoms with E-state index in [4.69, 9.17) is 9.47 Å². The van der Waals surface area contributed by atoms with Crippen LogP contribution in [0, 0.1) is 5.92 Å². The van der Waals surface area contributed by atoms with Crippen molar-refractivity contribution in [2.75, 3.05) is 19.9 Å². The van der Waals surface area contributed by atoms with E-state index in [9.17, 15) is 4.79 Å². The van der Waals surface area contributed by atoms with Gasteiger partial charge in [-0.25, -0.2) is 0 Å². The van der Waals surface area contributed by atoms with Crippen molar-refractivity contribution < 1.29 is 14.3 Å². The summed E-state index contributed by atoms with van der Waals surface area (Å²) in [6.07, 6.45) is 4.85. The topological polar surface area (TPSA) is 68.6 Å². The van der Waals surface area contributed by atoms with Crippen molar-refractivity contribution >= 4 is 5.91 Å². The highest BCUT2D eigenvalue weighted by Gasteiger charge is 2.30. The maximum atomic E-state index is 11.9. The summed E-state index contributed by atoms with van der Waals surface area (Å²) in [6.45, 7) is 3.65. The Balaban J connectivity index is 1.24. The standard InChI is InChI=1S/C20H24N4O3/c25-20(15-2-3-15)21-7-5-16-11-23(12-17-6-8-22-24(16)17)10-14-1-4-18-19(9-14)27-13-26-18/h1,4,6,8-9,15-16H,2-3,5,7,10-13H2,(H,21,25)/t16-/m1/s1. The first kappa shape index (κ1) is 16.6. The van der Waals surface area contributed by atoms with Gasteiger partial charge in [-0.2, -0.15) is 5.10 Å². The molecular formula is C20H24N4O3. The van der Waals surface area contributed by atoms with E-state index < -0.39 is 0 Å². The molecule has 2 aromatic rings. The summed E-state index contributed by atoms with van der Waals surface area (Å²) >= 11 is 0. The molecule has 3 aliphatic rings. The molecule has 0 bridgehead atoms. The summed E-state index contributed by atoms with van der Waals surface area (Å²) in [5, 5.41) is 7.59. The molecule has 0 radical (unpaired) electrons. The van der Waals surface area contributed by atoms with Crippen LogP contribution in [0.15, 0.2) is 30.5 Å². The second-order valence-electron chi connectivity index (χ2n) is 7.63. The fraction of sp³-hybridized carbons (Fsp3) is 0.500. The number of nitrogens with zero attached hydrogens (tertiary/aromatic N) is 3. The Morgan fingerprint density at radius 3 is 3.00 bits per heavy atom. The van der Waals surface area contributed by atoms with Gasteiger partial charge in [0, 0.05) is 38.3 Å². The second-order valence-corrected chi connectivity index (χ2v) is 7.63. The zero-order valence-electron chi connectivity index (χ0n) is 15.3. The average Bonchev–Trinajstić information content (AvgIpc) is 3.23. The zero-order valence-corrected chi connectivity index (χ0v) is 15.3. The first-order valence-corrected chi connectivity index (χ1v) is 9.67. The zero-order chi connectivity index (χ0) is 18.2. The fourth-order valence-corrected chi connectivity index (χ4v) is 3.95. The minimum atomic E-state index is 0.212. The van der Waals surface area contributed by atoms with Gasteiger partial charge in [-0.05, 0) is 43.0 Å². The normalized spacial score (nSPS) is 21.1. The van der Waals surface area contributed by atoms with Crippen molar-refractivity contribution in [1.82, 2.24) is 20.0 Å². The molecule has 3 heterocycles. The van der Waals surface area contributed by atoms with Crippen LogP contribution in [0.2, 0.25) is 0 Å². The molecule has 142 valence electrons. The summed E-state index contributed by atoms with van der Waals surface area (Å²) in [4.78, 5) is 14.3. The highest BCUT2D eigenvalue weighted by Crippen LogP contribution is 2.33. The molecule has 27 heavy (non-hydrogen) atoms. The van der Waals surface area contributed by atoms with Gasteiger partial charge in [-0.1, -0.05) is 6.07 Å². The van der Waals surface area contributed by atoms with Gasteiger partial charge in [-0.15, -0.1) is 0 Å². The molecule has 7 nitrogen and oxygen atoms in total. The van der Waals surface area contributed by atoms with Crippen molar-refractivity contribution in [2.24, 2.45) is 5.92 Å². The molecule has 1 N–H and O–H groups in total. The van der Waals surface area contributed by atoms with Crippen molar-refractivity contribution in [3.63, 3.8) is 0 Å². The number of fused-ring (bicyclic) bond motifs is 2. The Labute approximate surface area is 158 Å². The van der Waals surface area contributed by atoms with Crippen molar-refractivity contribution in [3.8, 4) is 11.5 Å². The number of ether oxygens (including phenoxy) is 2. The maximum Gasteiger partial charge on any atom is 0.231 e. The summed E-state index contributed by atoms with van der Waals surface area (Å²) in [7, 11) is 0. The number of amides is 1. The smallest absolute Gasteiger partial charge is 0.231 e. The maximum absolute atomic E-state index is 11.9. The lowest BCUT2D eigenvalue weighted by Crippen LogP contribution is -2.39. The molecule has 1 aromatic carbocycles. The first-order valence-electron chi connectivity index (χ1n) is 9.67. The van der Waals surface area contributed by atoms with Crippen LogP contribution in [0.1, 0.15) is 36.6 Å². The van der Waals surface area contributed by atoms with Crippen LogP contribution in [0.3, 0.4) is 0 Å². The summed E-state index contributed by atoms with van der Waals surface area (Å²) in [5.74, 6) is 2.12. The monoisotopic (exact) mass is 368 g/mol. The van der Waals surface area contributed by atoms with E-state index in [0.717, 1.165) is 50.4 Å². The van der Waals surface area contributed by atoms with E-state index in [1.807, 2.05) is 12.3 Å². The molecule has 1 atom stereocenters. The lowest BCUT2D eigenvalue weighted by Gasteiger charge is -2.34. The van der Waals surface area contributed by atoms with Gasteiger partial charge in [0.2, 0.25) is 12.7 Å². The van der Waals surface area contributed by atoms with Gasteiger partial charge >= 0.3 is 0 Å². The number of rotatable bonds is 6. The van der Waals surface area contributed by atoms with Crippen LogP contribution >= 0.6 is 0 Å². The van der Waals surface area contributed by atoms with E-state index in [0.29, 0.717) is 13.3 Å². The van der Waals surface area contributed by atoms with Crippen molar-refractivity contribution in [2.45, 2.75) is 38.4 Å². The van der Waals surface area contributed by atoms with Crippen LogP contribution in [-0.4, -0.2) is 40.5 Å². The molecule has 1 amide bonds. The van der Waals surface area contributed by atoms with Crippen molar-refractivity contribution in [3.05, 3.63) is 41.7 Å². The van der Waals surface area contributed by atoms with E-state index in [1.165, 1.54) is 11.3 Å². The lowest BCUT2D eigenvalue weighted by atomic mass is 10.1. The third kappa shape index (κ3) is 3.51. The highest BCUT2D eigenvalue weighted by atomic mass is 16.7. The summed E-state index contributed by atoms with van der Waals surface area (Å²) in [5.41, 5.74) is 2.44. The third-order valence-corrected chi connectivity index (χ3v) is 5.52. The van der Waals surface area contributed by atoms with Gasteiger partial charge in [0.25, 0.3) is 0 Å². The fourth-order valence-electron chi connectivity index (χ4n) is 3.95. The van der Waals surface area contributed by atoms with Gasteiger partial charge in [0.1, 0.15) is 0 Å². The van der Waals surface area contributed by atoms with Crippen LogP contribution in [0.4, 0.5) is 0 Å². The number of benzene rings is 1. The SMILES string of the molecule is O=C(NCC[C@@H]1CN(Cc2ccc3c(c2)OCO3)Cc2ccnn21)C1CC1. The average molecular weight is 368 g/mol. The molecular weight excluding hydrogens is 344 g/mol. The molecule has 1 aliphatic carbocycles. The van der Waals surface area contributed by atoms with Crippen LogP contribution < -0.4 is 14.8 Å². The number of carbonyl (C=O) groups is 1. The quantitative estimate of drug-likeness (QED) is 0.846. The predicted octanol–water partition coefficient (Wildman–Crippen LogP) is 2.08. The van der Waals surface area contributed by atoms with E-state index in [1.54, 1.807) is 0 Å². The highest BCUT2D eigenvalue weighted by molar-refractivity contribution is 5.80. The minimum absolute atomic E-state index is 0.212. The second kappa shape index (κ2) is 6.88. The molecule has 0 spiro atoms. The Morgan fingerprint density at radius 1 is 1.22 bits per heavy atom. The Morgan fingerprint density at radius 2 is 2.11 bits per heavy atom. The van der Waals surface area contributed by atoms with Gasteiger partial charge < -0.3 is 14.8 Å². The molecule has 0 unspecified atom stereocenters. The molecule has 1 fully saturated rings. The molecule has 7 heteroatoms. The Hall–Kier alpha value is -2.54. The first-order chi connectivity index (χ1) is 13.3. The number of hydrogen-bond acceptors (Lipinski definition) is 5. The Bertz CT molecular complexity index is 846. The number of aromatic nitrogens is 2. The summed E-state index contributed by atoms with van der Waals surface area (Å²) < 4.78 is 13.0. The van der Waals surface area contributed by atoms with E-state index in [2.05, 4.69) is 38.2 Å². The van der Waals surface area contributed by atoms with E-state index in [-0.39, 0.29) is 17.9 Å². The van der Waals surface area contributed by atoms with Gasteiger partial charge in [-0.3, -0.25) is 14.4 Å².